The standard InChI is InChI=1S/C31H33ClN2O5/c1-37-16-17-38-18-19-39-25-12-13-28-23(20-25)9-8-22-10-11-24(32)21-29(22)33(28)14-4-5-15-34-30(35)26-6-2-3-7-27(26)31(34)36/h2-3,6-7,9-13,21H,4-5,8,14-20H2,1H3. The number of methoxy groups -OCH3 is 1. The smallest absolute Gasteiger partial charge is 0.261 e. The number of allylic oxidation sites excluding steroid dienone is 5. The molecule has 2 amide bonds. The van der Waals surface area contributed by atoms with Crippen molar-refractivity contribution in [3.63, 3.8) is 0 Å². The molecular weight excluding hydrogens is 516 g/mol. The van der Waals surface area contributed by atoms with Gasteiger partial charge in [0.15, 0.2) is 0 Å². The third kappa shape index (κ3) is 6.11. The number of unbranched alkanes of at least 4 members (excludes halogenated alkanes) is 1. The topological polar surface area (TPSA) is 68.3 Å². The highest BCUT2D eigenvalue weighted by atomic mass is 35.5. The van der Waals surface area contributed by atoms with Crippen molar-refractivity contribution in [2.45, 2.75) is 25.7 Å². The maximum atomic E-state index is 12.7. The van der Waals surface area contributed by atoms with E-state index in [0.29, 0.717) is 62.0 Å². The second-order valence-corrected chi connectivity index (χ2v) is 10.1. The molecule has 0 saturated heterocycles. The van der Waals surface area contributed by atoms with Gasteiger partial charge in [0.2, 0.25) is 0 Å². The summed E-state index contributed by atoms with van der Waals surface area (Å²) in [6.07, 6.45) is 9.42. The molecule has 2 aliphatic heterocycles. The van der Waals surface area contributed by atoms with E-state index < -0.39 is 0 Å². The van der Waals surface area contributed by atoms with Gasteiger partial charge in [0.25, 0.3) is 11.8 Å². The summed E-state index contributed by atoms with van der Waals surface area (Å²) in [4.78, 5) is 29.2. The fraction of sp³-hybridized carbons (Fsp3) is 0.355. The molecule has 0 fully saturated rings. The van der Waals surface area contributed by atoms with E-state index in [1.165, 1.54) is 16.0 Å². The van der Waals surface area contributed by atoms with Crippen molar-refractivity contribution >= 4 is 29.1 Å². The number of amides is 2. The highest BCUT2D eigenvalue weighted by Gasteiger charge is 2.34. The molecular formula is C31H33ClN2O5. The third-order valence-electron chi connectivity index (χ3n) is 7.16. The summed E-state index contributed by atoms with van der Waals surface area (Å²) in [6, 6.07) is 13.1. The van der Waals surface area contributed by atoms with Gasteiger partial charge in [0, 0.05) is 43.0 Å². The predicted octanol–water partition coefficient (Wildman–Crippen LogP) is 5.56. The van der Waals surface area contributed by atoms with Crippen LogP contribution in [0.3, 0.4) is 0 Å². The first-order chi connectivity index (χ1) is 19.1. The first-order valence-electron chi connectivity index (χ1n) is 13.4. The predicted molar refractivity (Wildman–Crippen MR) is 151 cm³/mol. The summed E-state index contributed by atoms with van der Waals surface area (Å²) in [5.41, 5.74) is 5.61. The summed E-state index contributed by atoms with van der Waals surface area (Å²) in [7, 11) is 1.65. The van der Waals surface area contributed by atoms with Gasteiger partial charge in [-0.2, -0.15) is 0 Å². The minimum Gasteiger partial charge on any atom is -0.495 e. The van der Waals surface area contributed by atoms with Crippen LogP contribution in [0.2, 0.25) is 5.02 Å². The molecule has 0 N–H and O–H groups in total. The minimum atomic E-state index is -0.204. The lowest BCUT2D eigenvalue weighted by atomic mass is 10.0. The average Bonchev–Trinajstić information content (AvgIpc) is 3.09. The van der Waals surface area contributed by atoms with Gasteiger partial charge in [0.1, 0.15) is 12.4 Å². The lowest BCUT2D eigenvalue weighted by Crippen LogP contribution is -2.32. The molecule has 0 radical (unpaired) electrons. The van der Waals surface area contributed by atoms with Crippen molar-refractivity contribution < 1.29 is 23.8 Å². The Hall–Kier alpha value is -3.39. The van der Waals surface area contributed by atoms with Crippen LogP contribution in [0.25, 0.3) is 0 Å². The summed E-state index contributed by atoms with van der Waals surface area (Å²) >= 11 is 6.42. The van der Waals surface area contributed by atoms with Gasteiger partial charge in [-0.1, -0.05) is 35.9 Å². The van der Waals surface area contributed by atoms with Gasteiger partial charge >= 0.3 is 0 Å². The first kappa shape index (κ1) is 27.2. The Bertz CT molecular complexity index is 1300. The summed E-state index contributed by atoms with van der Waals surface area (Å²) in [5.74, 6) is 0.504. The number of carbonyl (C=O) groups excluding carboxylic acids is 2. The number of hydrogen-bond acceptors (Lipinski definition) is 6. The normalized spacial score (nSPS) is 16.2. The molecule has 39 heavy (non-hydrogen) atoms. The Morgan fingerprint density at radius 1 is 0.872 bits per heavy atom. The fourth-order valence-electron chi connectivity index (χ4n) is 5.18. The second kappa shape index (κ2) is 12.6. The molecule has 3 aliphatic rings. The maximum Gasteiger partial charge on any atom is 0.261 e. The van der Waals surface area contributed by atoms with Crippen LogP contribution in [0.4, 0.5) is 5.69 Å². The van der Waals surface area contributed by atoms with Crippen molar-refractivity contribution in [2.75, 3.05) is 51.5 Å². The molecule has 0 saturated carbocycles. The lowest BCUT2D eigenvalue weighted by Gasteiger charge is -2.31. The van der Waals surface area contributed by atoms with Gasteiger partial charge in [0.05, 0.1) is 30.9 Å². The van der Waals surface area contributed by atoms with Crippen molar-refractivity contribution in [3.8, 4) is 0 Å². The molecule has 0 bridgehead atoms. The van der Waals surface area contributed by atoms with Gasteiger partial charge < -0.3 is 19.1 Å². The Morgan fingerprint density at radius 2 is 1.59 bits per heavy atom. The van der Waals surface area contributed by atoms with Crippen molar-refractivity contribution in [1.82, 2.24) is 4.90 Å². The number of rotatable bonds is 12. The number of carbonyl (C=O) groups is 2. The Morgan fingerprint density at radius 3 is 2.33 bits per heavy atom. The second-order valence-electron chi connectivity index (χ2n) is 9.69. The van der Waals surface area contributed by atoms with Crippen molar-refractivity contribution in [3.05, 3.63) is 99.4 Å². The Labute approximate surface area is 234 Å². The number of halogens is 1. The van der Waals surface area contributed by atoms with Crippen LogP contribution >= 0.6 is 11.6 Å². The quantitative estimate of drug-likeness (QED) is 0.256. The molecule has 8 heteroatoms. The lowest BCUT2D eigenvalue weighted by molar-refractivity contribution is 0.0407. The third-order valence-corrected chi connectivity index (χ3v) is 7.39. The van der Waals surface area contributed by atoms with E-state index in [4.69, 9.17) is 25.8 Å². The molecule has 2 heterocycles. The van der Waals surface area contributed by atoms with E-state index in [2.05, 4.69) is 23.1 Å². The number of ether oxygens (including phenoxy) is 3. The Kier molecular flexibility index (Phi) is 8.81. The van der Waals surface area contributed by atoms with E-state index in [-0.39, 0.29) is 11.8 Å². The molecule has 5 rings (SSSR count). The van der Waals surface area contributed by atoms with Gasteiger partial charge in [-0.25, -0.2) is 0 Å². The molecule has 0 unspecified atom stereocenters. The highest BCUT2D eigenvalue weighted by molar-refractivity contribution is 6.30. The average molecular weight is 549 g/mol. The highest BCUT2D eigenvalue weighted by Crippen LogP contribution is 2.38. The summed E-state index contributed by atoms with van der Waals surface area (Å²) in [5, 5.41) is 0.692. The number of nitrogens with zero attached hydrogens (tertiary/aromatic N) is 2. The summed E-state index contributed by atoms with van der Waals surface area (Å²) < 4.78 is 16.5. The van der Waals surface area contributed by atoms with Crippen LogP contribution in [-0.4, -0.2) is 63.3 Å². The zero-order chi connectivity index (χ0) is 27.2. The number of fused-ring (bicyclic) bond motifs is 3. The minimum absolute atomic E-state index is 0.204. The molecule has 204 valence electrons. The SMILES string of the molecule is COCCOCCOC1=CC=C2C(=CCc3ccc(Cl)cc3N2CCCCN2C(=O)c3ccccc3C2=O)C1. The van der Waals surface area contributed by atoms with Gasteiger partial charge in [-0.3, -0.25) is 14.5 Å². The largest absolute Gasteiger partial charge is 0.495 e. The summed E-state index contributed by atoms with van der Waals surface area (Å²) in [6.45, 7) is 3.26. The van der Waals surface area contributed by atoms with Crippen molar-refractivity contribution in [2.24, 2.45) is 0 Å². The molecule has 0 atom stereocenters. The number of benzene rings is 2. The van der Waals surface area contributed by atoms with E-state index in [1.54, 1.807) is 31.4 Å². The first-order valence-corrected chi connectivity index (χ1v) is 13.8. The van der Waals surface area contributed by atoms with Crippen LogP contribution in [0.1, 0.15) is 45.5 Å². The molecule has 1 aliphatic carbocycles. The Balaban J connectivity index is 1.25. The number of hydrogen-bond donors (Lipinski definition) is 0. The van der Waals surface area contributed by atoms with E-state index >= 15 is 0 Å². The fourth-order valence-corrected chi connectivity index (χ4v) is 5.34. The van der Waals surface area contributed by atoms with Gasteiger partial charge in [-0.05, 0) is 66.8 Å². The van der Waals surface area contributed by atoms with Gasteiger partial charge in [-0.15, -0.1) is 0 Å². The molecule has 0 aromatic heterocycles. The van der Waals surface area contributed by atoms with Crippen molar-refractivity contribution in [1.29, 1.82) is 0 Å². The molecule has 0 spiro atoms. The van der Waals surface area contributed by atoms with Crippen LogP contribution < -0.4 is 4.90 Å². The van der Waals surface area contributed by atoms with Crippen LogP contribution in [0, 0.1) is 0 Å². The zero-order valence-electron chi connectivity index (χ0n) is 22.2. The van der Waals surface area contributed by atoms with E-state index in [9.17, 15) is 9.59 Å². The monoisotopic (exact) mass is 548 g/mol. The van der Waals surface area contributed by atoms with Crippen LogP contribution in [-0.2, 0) is 20.6 Å². The zero-order valence-corrected chi connectivity index (χ0v) is 22.9. The number of imide groups is 1. The van der Waals surface area contributed by atoms with Crippen LogP contribution in [0.15, 0.2) is 77.7 Å². The molecule has 2 aromatic rings. The van der Waals surface area contributed by atoms with E-state index in [1.807, 2.05) is 18.2 Å². The van der Waals surface area contributed by atoms with Crippen LogP contribution in [0.5, 0.6) is 0 Å². The number of anilines is 1. The van der Waals surface area contributed by atoms with E-state index in [0.717, 1.165) is 36.5 Å². The maximum absolute atomic E-state index is 12.7. The molecule has 2 aromatic carbocycles. The molecule has 7 nitrogen and oxygen atoms in total.